The molecule has 2 aromatic carbocycles. The van der Waals surface area contributed by atoms with E-state index in [-0.39, 0.29) is 114 Å². The number of ether oxygens (including phenoxy) is 2. The minimum atomic E-state index is -5.37. The van der Waals surface area contributed by atoms with Crippen LogP contribution in [0.4, 0.5) is 0 Å². The standard InChI is InChI=1S/C18H22O10P2.2K/c1-11-9-13(10-16(26-4)12(11)2)5-6-14-7-8-15(25-3)18(28-30(22,23)24)17(14)27-29(19,20)21;;/h5-10H,1-4H3,(H2,19,20,21)(H2,22,23,24);;/q;2*+1/p-2/b6-5-;;. The summed E-state index contributed by atoms with van der Waals surface area (Å²) in [5.41, 5.74) is 2.59. The van der Waals surface area contributed by atoms with Crippen LogP contribution in [-0.4, -0.2) is 24.0 Å². The fourth-order valence-electron chi connectivity index (χ4n) is 2.61. The van der Waals surface area contributed by atoms with Crippen LogP contribution in [0.2, 0.25) is 0 Å². The van der Waals surface area contributed by atoms with Gasteiger partial charge in [0.1, 0.15) is 5.75 Å². The molecule has 0 saturated carbocycles. The number of hydrogen-bond donors (Lipinski definition) is 2. The first-order valence-electron chi connectivity index (χ1n) is 8.35. The van der Waals surface area contributed by atoms with Crippen LogP contribution >= 0.6 is 15.6 Å². The van der Waals surface area contributed by atoms with E-state index in [1.54, 1.807) is 12.1 Å². The maximum atomic E-state index is 11.3. The van der Waals surface area contributed by atoms with E-state index in [0.717, 1.165) is 18.2 Å². The van der Waals surface area contributed by atoms with Gasteiger partial charge in [-0.3, -0.25) is 9.13 Å². The van der Waals surface area contributed by atoms with Crippen LogP contribution in [0.5, 0.6) is 23.0 Å². The molecule has 0 heterocycles. The predicted molar refractivity (Wildman–Crippen MR) is 105 cm³/mol. The Hall–Kier alpha value is 0.953. The molecule has 2 aromatic rings. The van der Waals surface area contributed by atoms with Gasteiger partial charge in [0.15, 0.2) is 11.5 Å². The molecule has 0 aromatic heterocycles. The Kier molecular flexibility index (Phi) is 14.3. The summed E-state index contributed by atoms with van der Waals surface area (Å²) in [7, 11) is -8.05. The van der Waals surface area contributed by atoms with Crippen molar-refractivity contribution in [3.63, 3.8) is 0 Å². The van der Waals surface area contributed by atoms with E-state index in [1.165, 1.54) is 25.3 Å². The predicted octanol–water partition coefficient (Wildman–Crippen LogP) is -3.82. The molecule has 2 rings (SSSR count). The van der Waals surface area contributed by atoms with Gasteiger partial charge in [-0.15, -0.1) is 0 Å². The molecule has 2 N–H and O–H groups in total. The van der Waals surface area contributed by atoms with Gasteiger partial charge >= 0.3 is 118 Å². The zero-order chi connectivity index (χ0) is 22.7. The van der Waals surface area contributed by atoms with Crippen LogP contribution in [0.1, 0.15) is 22.3 Å². The molecule has 0 aliphatic rings. The largest absolute Gasteiger partial charge is 1.00 e. The average molecular weight is 536 g/mol. The van der Waals surface area contributed by atoms with E-state index < -0.39 is 27.1 Å². The summed E-state index contributed by atoms with van der Waals surface area (Å²) in [4.78, 5) is 40.7. The van der Waals surface area contributed by atoms with Crippen LogP contribution in [0.15, 0.2) is 24.3 Å². The minimum Gasteiger partial charge on any atom is -0.746 e. The van der Waals surface area contributed by atoms with Crippen molar-refractivity contribution in [3.05, 3.63) is 46.5 Å². The Bertz CT molecular complexity index is 1060. The number of aryl methyl sites for hydroxylation is 1. The molecule has 0 amide bonds. The van der Waals surface area contributed by atoms with Crippen molar-refractivity contribution < 1.29 is 150 Å². The van der Waals surface area contributed by atoms with E-state index in [1.807, 2.05) is 19.9 Å². The number of methoxy groups -OCH3 is 2. The number of phosphoric ester groups is 2. The SMILES string of the molecule is COc1cc(/C=C\c2ccc(OC)c(OP(=O)([O-])O)c2OP(=O)([O-])O)cc(C)c1C.[K+].[K+]. The molecule has 32 heavy (non-hydrogen) atoms. The van der Waals surface area contributed by atoms with Gasteiger partial charge in [0.2, 0.25) is 5.75 Å². The first-order valence-corrected chi connectivity index (χ1v) is 11.3. The summed E-state index contributed by atoms with van der Waals surface area (Å²) in [5.74, 6) is -1.05. The molecule has 14 heteroatoms. The third-order valence-electron chi connectivity index (χ3n) is 4.06. The molecule has 10 nitrogen and oxygen atoms in total. The molecular formula is C18H20K2O10P2. The molecular weight excluding hydrogens is 516 g/mol. The van der Waals surface area contributed by atoms with Gasteiger partial charge in [-0.1, -0.05) is 18.2 Å². The Morgan fingerprint density at radius 3 is 1.88 bits per heavy atom. The number of hydrogen-bond acceptors (Lipinski definition) is 8. The van der Waals surface area contributed by atoms with Gasteiger partial charge in [0, 0.05) is 5.56 Å². The summed E-state index contributed by atoms with van der Waals surface area (Å²) in [6.07, 6.45) is 2.98. The van der Waals surface area contributed by atoms with E-state index in [2.05, 4.69) is 9.05 Å². The van der Waals surface area contributed by atoms with Gasteiger partial charge in [-0.05, 0) is 48.7 Å². The summed E-state index contributed by atoms with van der Waals surface area (Å²) >= 11 is 0. The summed E-state index contributed by atoms with van der Waals surface area (Å²) in [5, 5.41) is 0. The third-order valence-corrected chi connectivity index (χ3v) is 4.88. The van der Waals surface area contributed by atoms with Crippen molar-refractivity contribution in [3.8, 4) is 23.0 Å². The van der Waals surface area contributed by atoms with E-state index in [0.29, 0.717) is 11.3 Å². The number of rotatable bonds is 8. The molecule has 0 saturated heterocycles. The summed E-state index contributed by atoms with van der Waals surface area (Å²) in [6.45, 7) is 3.78. The molecule has 2 unspecified atom stereocenters. The fourth-order valence-corrected chi connectivity index (χ4v) is 3.43. The molecule has 0 bridgehead atoms. The first kappa shape index (κ1) is 33.0. The van der Waals surface area contributed by atoms with E-state index >= 15 is 0 Å². The van der Waals surface area contributed by atoms with Gasteiger partial charge in [0.05, 0.1) is 14.2 Å². The second-order valence-electron chi connectivity index (χ2n) is 6.13. The molecule has 0 aliphatic heterocycles. The molecule has 164 valence electrons. The summed E-state index contributed by atoms with van der Waals surface area (Å²) in [6, 6.07) is 6.20. The fraction of sp³-hybridized carbons (Fsp3) is 0.222. The van der Waals surface area contributed by atoms with Gasteiger partial charge < -0.3 is 38.1 Å². The van der Waals surface area contributed by atoms with E-state index in [4.69, 9.17) is 19.3 Å². The summed E-state index contributed by atoms with van der Waals surface area (Å²) < 4.78 is 41.8. The Balaban J connectivity index is 0.00000480. The average Bonchev–Trinajstić information content (AvgIpc) is 2.62. The second-order valence-corrected chi connectivity index (χ2v) is 8.37. The van der Waals surface area contributed by atoms with Gasteiger partial charge in [-0.25, -0.2) is 0 Å². The first-order chi connectivity index (χ1) is 13.8. The quantitative estimate of drug-likeness (QED) is 0.195. The molecule has 0 spiro atoms. The third kappa shape index (κ3) is 9.90. The van der Waals surface area contributed by atoms with Crippen molar-refractivity contribution in [2.45, 2.75) is 13.8 Å². The maximum Gasteiger partial charge on any atom is 1.00 e. The monoisotopic (exact) mass is 536 g/mol. The van der Waals surface area contributed by atoms with Gasteiger partial charge in [-0.2, -0.15) is 0 Å². The van der Waals surface area contributed by atoms with Crippen LogP contribution in [-0.2, 0) is 9.13 Å². The van der Waals surface area contributed by atoms with Crippen molar-refractivity contribution >= 4 is 27.8 Å². The van der Waals surface area contributed by atoms with Crippen molar-refractivity contribution in [2.75, 3.05) is 14.2 Å². The number of benzene rings is 2. The van der Waals surface area contributed by atoms with Crippen molar-refractivity contribution in [1.29, 1.82) is 0 Å². The number of phosphoric acid groups is 2. The molecule has 0 aliphatic carbocycles. The zero-order valence-electron chi connectivity index (χ0n) is 18.5. The minimum absolute atomic E-state index is 0. The topological polar surface area (TPSA) is 158 Å². The van der Waals surface area contributed by atoms with Crippen molar-refractivity contribution in [2.24, 2.45) is 0 Å². The van der Waals surface area contributed by atoms with Crippen LogP contribution in [0.3, 0.4) is 0 Å². The Morgan fingerprint density at radius 1 is 0.844 bits per heavy atom. The van der Waals surface area contributed by atoms with Crippen molar-refractivity contribution in [1.82, 2.24) is 0 Å². The van der Waals surface area contributed by atoms with Crippen LogP contribution in [0, 0.1) is 13.8 Å². The Morgan fingerprint density at radius 2 is 1.38 bits per heavy atom. The van der Waals surface area contributed by atoms with E-state index in [9.17, 15) is 18.9 Å². The van der Waals surface area contributed by atoms with Gasteiger partial charge in [0.25, 0.3) is 0 Å². The maximum absolute atomic E-state index is 11.3. The molecule has 0 radical (unpaired) electrons. The van der Waals surface area contributed by atoms with Crippen LogP contribution < -0.4 is 131 Å². The Labute approximate surface area is 271 Å². The second kappa shape index (κ2) is 13.9. The smallest absolute Gasteiger partial charge is 0.746 e. The van der Waals surface area contributed by atoms with Crippen LogP contribution in [0.25, 0.3) is 12.2 Å². The molecule has 0 fully saturated rings. The zero-order valence-corrected chi connectivity index (χ0v) is 26.6. The molecule has 2 atom stereocenters. The normalized spacial score (nSPS) is 14.4.